The Kier molecular flexibility index (Phi) is 1.76. The molecule has 12 heavy (non-hydrogen) atoms. The number of aromatic nitrogens is 2. The summed E-state index contributed by atoms with van der Waals surface area (Å²) < 4.78 is 0. The van der Waals surface area contributed by atoms with Gasteiger partial charge in [-0.1, -0.05) is 11.6 Å². The Morgan fingerprint density at radius 1 is 1.33 bits per heavy atom. The molecule has 0 aliphatic rings. The summed E-state index contributed by atoms with van der Waals surface area (Å²) in [6, 6.07) is 1.71. The minimum absolute atomic E-state index is 0.0556. The second-order valence-electron chi connectivity index (χ2n) is 1.89. The van der Waals surface area contributed by atoms with Gasteiger partial charge in [0.1, 0.15) is 6.07 Å². The summed E-state index contributed by atoms with van der Waals surface area (Å²) >= 11 is 0. The fraction of sp³-hybridized carbons (Fsp3) is 0. The lowest BCUT2D eigenvalue weighted by molar-refractivity contribution is 1.20. The summed E-state index contributed by atoms with van der Waals surface area (Å²) in [5.74, 6) is -0.222. The summed E-state index contributed by atoms with van der Waals surface area (Å²) in [6.45, 7) is 6.61. The van der Waals surface area contributed by atoms with Gasteiger partial charge in [-0.25, -0.2) is 4.98 Å². The van der Waals surface area contributed by atoms with Crippen LogP contribution in [0.15, 0.2) is 0 Å². The molecule has 1 rings (SSSR count). The first-order valence-corrected chi connectivity index (χ1v) is 2.89. The zero-order chi connectivity index (χ0) is 9.14. The van der Waals surface area contributed by atoms with Gasteiger partial charge in [0.15, 0.2) is 5.82 Å². The Labute approximate surface area is 68.3 Å². The van der Waals surface area contributed by atoms with Crippen LogP contribution in [-0.2, 0) is 0 Å². The van der Waals surface area contributed by atoms with Gasteiger partial charge in [0, 0.05) is 0 Å². The van der Waals surface area contributed by atoms with E-state index in [1.54, 1.807) is 6.07 Å². The maximum atomic E-state index is 8.44. The zero-order valence-electron chi connectivity index (χ0n) is 5.94. The van der Waals surface area contributed by atoms with Crippen LogP contribution in [0.5, 0.6) is 0 Å². The third kappa shape index (κ3) is 1.09. The van der Waals surface area contributed by atoms with Crippen molar-refractivity contribution in [2.24, 2.45) is 0 Å². The van der Waals surface area contributed by atoms with Crippen molar-refractivity contribution in [3.05, 3.63) is 17.1 Å². The average molecular weight is 160 g/mol. The first-order valence-electron chi connectivity index (χ1n) is 2.89. The van der Waals surface area contributed by atoms with Gasteiger partial charge in [-0.3, -0.25) is 0 Å². The second kappa shape index (κ2) is 2.72. The van der Waals surface area contributed by atoms with Crippen LogP contribution in [0.25, 0.3) is 4.85 Å². The molecule has 1 aromatic heterocycles. The largest absolute Gasteiger partial charge is 0.391 e. The van der Waals surface area contributed by atoms with Crippen molar-refractivity contribution >= 4 is 17.5 Å². The molecule has 0 aliphatic carbocycles. The van der Waals surface area contributed by atoms with Crippen molar-refractivity contribution < 1.29 is 0 Å². The van der Waals surface area contributed by atoms with E-state index >= 15 is 0 Å². The van der Waals surface area contributed by atoms with Crippen LogP contribution in [0, 0.1) is 17.9 Å². The minimum Gasteiger partial charge on any atom is -0.391 e. The molecule has 0 unspecified atom stereocenters. The van der Waals surface area contributed by atoms with E-state index in [2.05, 4.69) is 14.8 Å². The van der Waals surface area contributed by atoms with Crippen LogP contribution in [0.1, 0.15) is 5.69 Å². The number of rotatable bonds is 0. The summed E-state index contributed by atoms with van der Waals surface area (Å²) in [5, 5.41) is 8.44. The van der Waals surface area contributed by atoms with Crippen molar-refractivity contribution in [1.29, 1.82) is 5.26 Å². The highest BCUT2D eigenvalue weighted by molar-refractivity contribution is 5.62. The van der Waals surface area contributed by atoms with Crippen LogP contribution in [0.4, 0.5) is 17.5 Å². The lowest BCUT2D eigenvalue weighted by Crippen LogP contribution is -2.01. The van der Waals surface area contributed by atoms with Crippen molar-refractivity contribution in [2.75, 3.05) is 11.5 Å². The first kappa shape index (κ1) is 7.76. The number of hydrogen-bond acceptors (Lipinski definition) is 5. The minimum atomic E-state index is -0.0773. The van der Waals surface area contributed by atoms with E-state index in [0.717, 1.165) is 0 Å². The SMILES string of the molecule is [C-]#[N+]c1nc(N)c(C#N)nc1N. The molecule has 0 saturated carbocycles. The Morgan fingerprint density at radius 2 is 2.00 bits per heavy atom. The lowest BCUT2D eigenvalue weighted by Gasteiger charge is -1.96. The van der Waals surface area contributed by atoms with Crippen LogP contribution in [-0.4, -0.2) is 9.97 Å². The van der Waals surface area contributed by atoms with E-state index in [0.29, 0.717) is 0 Å². The monoisotopic (exact) mass is 160 g/mol. The number of hydrogen-bond donors (Lipinski definition) is 2. The van der Waals surface area contributed by atoms with Crippen LogP contribution >= 0.6 is 0 Å². The smallest absolute Gasteiger partial charge is 0.313 e. The molecule has 4 N–H and O–H groups in total. The van der Waals surface area contributed by atoms with E-state index in [1.165, 1.54) is 0 Å². The van der Waals surface area contributed by atoms with Crippen molar-refractivity contribution in [2.45, 2.75) is 0 Å². The highest BCUT2D eigenvalue weighted by Crippen LogP contribution is 2.19. The molecule has 0 radical (unpaired) electrons. The Bertz CT molecular complexity index is 356. The molecule has 0 amide bonds. The number of nitrogens with zero attached hydrogens (tertiary/aromatic N) is 4. The highest BCUT2D eigenvalue weighted by atomic mass is 15.0. The van der Waals surface area contributed by atoms with Gasteiger partial charge in [0.25, 0.3) is 5.82 Å². The molecular formula is C6H4N6. The topological polar surface area (TPSA) is 106 Å². The molecule has 0 saturated heterocycles. The molecule has 0 aliphatic heterocycles. The number of nitriles is 1. The molecule has 6 heteroatoms. The molecule has 0 spiro atoms. The summed E-state index contributed by atoms with van der Waals surface area (Å²) in [7, 11) is 0. The normalized spacial score (nSPS) is 8.50. The van der Waals surface area contributed by atoms with Gasteiger partial charge in [-0.05, 0) is 0 Å². The number of nitrogen functional groups attached to an aromatic ring is 2. The molecule has 1 aromatic rings. The predicted octanol–water partition coefficient (Wildman–Crippen LogP) is 0.0635. The Hall–Kier alpha value is -2.34. The fourth-order valence-electron chi connectivity index (χ4n) is 0.617. The molecule has 0 fully saturated rings. The molecule has 1 heterocycles. The zero-order valence-corrected chi connectivity index (χ0v) is 5.94. The maximum Gasteiger partial charge on any atom is 0.313 e. The highest BCUT2D eigenvalue weighted by Gasteiger charge is 2.10. The Balaban J connectivity index is 3.41. The van der Waals surface area contributed by atoms with Gasteiger partial charge >= 0.3 is 5.82 Å². The summed E-state index contributed by atoms with van der Waals surface area (Å²) in [4.78, 5) is 10.1. The van der Waals surface area contributed by atoms with Crippen molar-refractivity contribution in [1.82, 2.24) is 9.97 Å². The van der Waals surface area contributed by atoms with E-state index in [9.17, 15) is 0 Å². The average Bonchev–Trinajstić information content (AvgIpc) is 2.08. The predicted molar refractivity (Wildman–Crippen MR) is 41.8 cm³/mol. The van der Waals surface area contributed by atoms with Gasteiger partial charge in [-0.15, -0.1) is 0 Å². The van der Waals surface area contributed by atoms with Gasteiger partial charge in [0.05, 0.1) is 0 Å². The summed E-state index contributed by atoms with van der Waals surface area (Å²) in [6.07, 6.45) is 0. The molecular weight excluding hydrogens is 156 g/mol. The molecule has 58 valence electrons. The number of anilines is 2. The quantitative estimate of drug-likeness (QED) is 0.522. The Morgan fingerprint density at radius 3 is 2.50 bits per heavy atom. The molecule has 0 aromatic carbocycles. The lowest BCUT2D eigenvalue weighted by atomic mass is 10.4. The summed E-state index contributed by atoms with van der Waals surface area (Å²) in [5.41, 5.74) is 10.5. The third-order valence-electron chi connectivity index (χ3n) is 1.14. The maximum absolute atomic E-state index is 8.44. The molecule has 0 bridgehead atoms. The van der Waals surface area contributed by atoms with Crippen molar-refractivity contribution in [3.8, 4) is 6.07 Å². The third-order valence-corrected chi connectivity index (χ3v) is 1.14. The van der Waals surface area contributed by atoms with E-state index < -0.39 is 0 Å². The second-order valence-corrected chi connectivity index (χ2v) is 1.89. The molecule has 6 nitrogen and oxygen atoms in total. The van der Waals surface area contributed by atoms with Gasteiger partial charge in [-0.2, -0.15) is 5.26 Å². The van der Waals surface area contributed by atoms with Crippen LogP contribution < -0.4 is 11.5 Å². The molecule has 0 atom stereocenters. The van der Waals surface area contributed by atoms with E-state index in [1.807, 2.05) is 0 Å². The van der Waals surface area contributed by atoms with E-state index in [-0.39, 0.29) is 23.1 Å². The van der Waals surface area contributed by atoms with Crippen molar-refractivity contribution in [3.63, 3.8) is 0 Å². The number of nitrogens with two attached hydrogens (primary N) is 2. The van der Waals surface area contributed by atoms with E-state index in [4.69, 9.17) is 23.3 Å². The first-order chi connectivity index (χ1) is 5.69. The van der Waals surface area contributed by atoms with Crippen LogP contribution in [0.2, 0.25) is 0 Å². The standard InChI is InChI=1S/C6H4N6/c1-10-6-5(9)11-3(2-7)4(8)12-6/h(H2,8,12)(H2,9,11). The fourth-order valence-corrected chi connectivity index (χ4v) is 0.617. The van der Waals surface area contributed by atoms with Crippen LogP contribution in [0.3, 0.4) is 0 Å². The van der Waals surface area contributed by atoms with Gasteiger partial charge in [0.2, 0.25) is 5.69 Å². The van der Waals surface area contributed by atoms with Gasteiger partial charge < -0.3 is 16.3 Å².